The molecular formula is C21H29N5. The molecule has 0 bridgehead atoms. The predicted molar refractivity (Wildman–Crippen MR) is 105 cm³/mol. The molecule has 2 aliphatic rings. The van der Waals surface area contributed by atoms with Gasteiger partial charge in [0, 0.05) is 64.0 Å². The lowest BCUT2D eigenvalue weighted by molar-refractivity contribution is 0.242. The van der Waals surface area contributed by atoms with Crippen molar-refractivity contribution in [3.63, 3.8) is 0 Å². The van der Waals surface area contributed by atoms with Gasteiger partial charge < -0.3 is 9.80 Å². The fourth-order valence-electron chi connectivity index (χ4n) is 3.82. The van der Waals surface area contributed by atoms with Gasteiger partial charge in [-0.3, -0.25) is 4.90 Å². The molecule has 2 aliphatic heterocycles. The van der Waals surface area contributed by atoms with Crippen LogP contribution in [0.25, 0.3) is 0 Å². The van der Waals surface area contributed by atoms with Crippen LogP contribution in [0.4, 0.5) is 5.95 Å². The number of hydrogen-bond acceptors (Lipinski definition) is 5. The van der Waals surface area contributed by atoms with Gasteiger partial charge in [0.25, 0.3) is 0 Å². The van der Waals surface area contributed by atoms with Crippen molar-refractivity contribution in [1.29, 1.82) is 0 Å². The molecule has 0 unspecified atom stereocenters. The number of fused-ring (bicyclic) bond motifs is 1. The van der Waals surface area contributed by atoms with Crippen molar-refractivity contribution in [2.24, 2.45) is 0 Å². The minimum atomic E-state index is 0.916. The number of hydrogen-bond donors (Lipinski definition) is 0. The van der Waals surface area contributed by atoms with Crippen LogP contribution in [0.15, 0.2) is 24.4 Å². The molecule has 0 atom stereocenters. The standard InChI is InChI=1S/C21H29N5/c1-16-4-5-18(12-17(16)2)14-25-7-6-20-19(15-25)13-22-21(23-20)26-10-8-24(3)9-11-26/h4-5,12-13H,6-11,14-15H2,1-3H3. The highest BCUT2D eigenvalue weighted by Gasteiger charge is 2.21. The molecule has 1 aromatic carbocycles. The first-order valence-electron chi connectivity index (χ1n) is 9.65. The summed E-state index contributed by atoms with van der Waals surface area (Å²) in [6.45, 7) is 11.6. The quantitative estimate of drug-likeness (QED) is 0.849. The third-order valence-electron chi connectivity index (χ3n) is 5.76. The summed E-state index contributed by atoms with van der Waals surface area (Å²) in [5.41, 5.74) is 6.66. The van der Waals surface area contributed by atoms with E-state index in [2.05, 4.69) is 65.0 Å². The third-order valence-corrected chi connectivity index (χ3v) is 5.76. The molecule has 3 heterocycles. The molecule has 2 aromatic rings. The summed E-state index contributed by atoms with van der Waals surface area (Å²) in [5.74, 6) is 0.916. The molecule has 26 heavy (non-hydrogen) atoms. The fraction of sp³-hybridized carbons (Fsp3) is 0.524. The van der Waals surface area contributed by atoms with E-state index in [4.69, 9.17) is 4.98 Å². The summed E-state index contributed by atoms with van der Waals surface area (Å²) in [4.78, 5) is 16.8. The fourth-order valence-corrected chi connectivity index (χ4v) is 3.82. The average Bonchev–Trinajstić information content (AvgIpc) is 2.65. The Kier molecular flexibility index (Phi) is 4.92. The predicted octanol–water partition coefficient (Wildman–Crippen LogP) is 2.40. The van der Waals surface area contributed by atoms with Crippen molar-refractivity contribution in [3.05, 3.63) is 52.3 Å². The molecular weight excluding hydrogens is 322 g/mol. The van der Waals surface area contributed by atoms with E-state index in [0.717, 1.165) is 58.2 Å². The smallest absolute Gasteiger partial charge is 0.225 e. The maximum atomic E-state index is 4.90. The molecule has 0 amide bonds. The number of aryl methyl sites for hydroxylation is 2. The monoisotopic (exact) mass is 351 g/mol. The molecule has 5 nitrogen and oxygen atoms in total. The Hall–Kier alpha value is -1.98. The molecule has 0 aliphatic carbocycles. The van der Waals surface area contributed by atoms with E-state index >= 15 is 0 Å². The highest BCUT2D eigenvalue weighted by atomic mass is 15.3. The van der Waals surface area contributed by atoms with Gasteiger partial charge in [-0.15, -0.1) is 0 Å². The lowest BCUT2D eigenvalue weighted by Crippen LogP contribution is -2.45. The van der Waals surface area contributed by atoms with E-state index in [1.165, 1.54) is 27.9 Å². The summed E-state index contributed by atoms with van der Waals surface area (Å²) in [7, 11) is 2.18. The molecule has 1 fully saturated rings. The minimum Gasteiger partial charge on any atom is -0.338 e. The molecule has 1 saturated heterocycles. The van der Waals surface area contributed by atoms with Crippen molar-refractivity contribution in [2.75, 3.05) is 44.7 Å². The van der Waals surface area contributed by atoms with Gasteiger partial charge >= 0.3 is 0 Å². The Labute approximate surface area is 156 Å². The molecule has 1 aromatic heterocycles. The average molecular weight is 351 g/mol. The minimum absolute atomic E-state index is 0.916. The van der Waals surface area contributed by atoms with E-state index in [9.17, 15) is 0 Å². The largest absolute Gasteiger partial charge is 0.338 e. The first kappa shape index (κ1) is 17.4. The van der Waals surface area contributed by atoms with E-state index in [-0.39, 0.29) is 0 Å². The van der Waals surface area contributed by atoms with Crippen LogP contribution < -0.4 is 4.90 Å². The van der Waals surface area contributed by atoms with Gasteiger partial charge in [0.15, 0.2) is 0 Å². The molecule has 0 N–H and O–H groups in total. The Morgan fingerprint density at radius 1 is 1.00 bits per heavy atom. The molecule has 0 radical (unpaired) electrons. The van der Waals surface area contributed by atoms with Crippen LogP contribution in [0.2, 0.25) is 0 Å². The zero-order valence-electron chi connectivity index (χ0n) is 16.2. The van der Waals surface area contributed by atoms with Crippen LogP contribution in [0.1, 0.15) is 27.9 Å². The second kappa shape index (κ2) is 7.33. The summed E-state index contributed by atoms with van der Waals surface area (Å²) in [6, 6.07) is 6.80. The molecule has 0 saturated carbocycles. The van der Waals surface area contributed by atoms with E-state index in [1.807, 2.05) is 0 Å². The highest BCUT2D eigenvalue weighted by molar-refractivity contribution is 5.35. The Balaban J connectivity index is 1.43. The van der Waals surface area contributed by atoms with Crippen molar-refractivity contribution in [2.45, 2.75) is 33.4 Å². The van der Waals surface area contributed by atoms with Gasteiger partial charge in [0.05, 0.1) is 5.69 Å². The zero-order chi connectivity index (χ0) is 18.1. The second-order valence-corrected chi connectivity index (χ2v) is 7.81. The van der Waals surface area contributed by atoms with E-state index in [0.29, 0.717) is 0 Å². The number of nitrogens with zero attached hydrogens (tertiary/aromatic N) is 5. The first-order valence-corrected chi connectivity index (χ1v) is 9.65. The molecule has 138 valence electrons. The molecule has 5 heteroatoms. The number of piperazine rings is 1. The van der Waals surface area contributed by atoms with Crippen LogP contribution in [0, 0.1) is 13.8 Å². The Morgan fingerprint density at radius 3 is 2.58 bits per heavy atom. The van der Waals surface area contributed by atoms with Crippen molar-refractivity contribution >= 4 is 5.95 Å². The number of rotatable bonds is 3. The summed E-state index contributed by atoms with van der Waals surface area (Å²) in [5, 5.41) is 0. The van der Waals surface area contributed by atoms with Gasteiger partial charge in [-0.05, 0) is 37.6 Å². The number of aromatic nitrogens is 2. The summed E-state index contributed by atoms with van der Waals surface area (Å²) >= 11 is 0. The number of anilines is 1. The Bertz CT molecular complexity index is 780. The maximum absolute atomic E-state index is 4.90. The maximum Gasteiger partial charge on any atom is 0.225 e. The van der Waals surface area contributed by atoms with E-state index < -0.39 is 0 Å². The van der Waals surface area contributed by atoms with Crippen molar-refractivity contribution in [3.8, 4) is 0 Å². The Morgan fingerprint density at radius 2 is 1.81 bits per heavy atom. The van der Waals surface area contributed by atoms with Gasteiger partial charge in [-0.1, -0.05) is 18.2 Å². The van der Waals surface area contributed by atoms with Crippen molar-refractivity contribution in [1.82, 2.24) is 19.8 Å². The topological polar surface area (TPSA) is 35.5 Å². The molecule has 0 spiro atoms. The second-order valence-electron chi connectivity index (χ2n) is 7.81. The number of benzene rings is 1. The van der Waals surface area contributed by atoms with Crippen LogP contribution in [0.5, 0.6) is 0 Å². The third kappa shape index (κ3) is 3.74. The van der Waals surface area contributed by atoms with Gasteiger partial charge in [-0.2, -0.15) is 0 Å². The first-order chi connectivity index (χ1) is 12.6. The SMILES string of the molecule is Cc1ccc(CN2CCc3nc(N4CCN(C)CC4)ncc3C2)cc1C. The van der Waals surface area contributed by atoms with Crippen LogP contribution in [-0.4, -0.2) is 59.5 Å². The lowest BCUT2D eigenvalue weighted by Gasteiger charge is -2.33. The van der Waals surface area contributed by atoms with Crippen molar-refractivity contribution < 1.29 is 0 Å². The van der Waals surface area contributed by atoms with Gasteiger partial charge in [0.2, 0.25) is 5.95 Å². The normalized spacial score (nSPS) is 18.8. The number of likely N-dealkylation sites (N-methyl/N-ethyl adjacent to an activating group) is 1. The van der Waals surface area contributed by atoms with Gasteiger partial charge in [0.1, 0.15) is 0 Å². The van der Waals surface area contributed by atoms with E-state index in [1.54, 1.807) is 0 Å². The molecule has 4 rings (SSSR count). The van der Waals surface area contributed by atoms with Crippen LogP contribution >= 0.6 is 0 Å². The van der Waals surface area contributed by atoms with Crippen LogP contribution in [0.3, 0.4) is 0 Å². The highest BCUT2D eigenvalue weighted by Crippen LogP contribution is 2.22. The summed E-state index contributed by atoms with van der Waals surface area (Å²) < 4.78 is 0. The summed E-state index contributed by atoms with van der Waals surface area (Å²) in [6.07, 6.45) is 3.08. The zero-order valence-corrected chi connectivity index (χ0v) is 16.2. The lowest BCUT2D eigenvalue weighted by atomic mass is 10.0. The van der Waals surface area contributed by atoms with Crippen LogP contribution in [-0.2, 0) is 19.5 Å². The van der Waals surface area contributed by atoms with Gasteiger partial charge in [-0.25, -0.2) is 9.97 Å².